The van der Waals surface area contributed by atoms with Gasteiger partial charge in [0.25, 0.3) is 5.91 Å². The highest BCUT2D eigenvalue weighted by Gasteiger charge is 2.22. The molecule has 5 heteroatoms. The molecule has 1 heterocycles. The van der Waals surface area contributed by atoms with E-state index >= 15 is 0 Å². The molecule has 1 aromatic carbocycles. The molecule has 1 N–H and O–H groups in total. The van der Waals surface area contributed by atoms with Crippen LogP contribution in [0.3, 0.4) is 0 Å². The van der Waals surface area contributed by atoms with Crippen molar-refractivity contribution < 1.29 is 13.9 Å². The largest absolute Gasteiger partial charge is 0.484 e. The van der Waals surface area contributed by atoms with E-state index in [9.17, 15) is 9.59 Å². The number of nitrogens with one attached hydrogen (secondary N) is 1. The molecule has 122 valence electrons. The first-order valence-electron chi connectivity index (χ1n) is 8.08. The first kappa shape index (κ1) is 15.6. The molecule has 0 spiro atoms. The average Bonchev–Trinajstić information content (AvgIpc) is 2.54. The molecule has 2 aromatic rings. The van der Waals surface area contributed by atoms with Crippen LogP contribution in [0.25, 0.3) is 11.0 Å². The van der Waals surface area contributed by atoms with E-state index in [1.807, 2.05) is 0 Å². The van der Waals surface area contributed by atoms with Crippen LogP contribution in [0.4, 0.5) is 0 Å². The fourth-order valence-electron chi connectivity index (χ4n) is 3.06. The van der Waals surface area contributed by atoms with E-state index in [2.05, 4.69) is 12.2 Å². The third kappa shape index (κ3) is 3.92. The summed E-state index contributed by atoms with van der Waals surface area (Å²) < 4.78 is 10.6. The van der Waals surface area contributed by atoms with Crippen molar-refractivity contribution in [2.45, 2.75) is 38.6 Å². The predicted octanol–water partition coefficient (Wildman–Crippen LogP) is 2.87. The van der Waals surface area contributed by atoms with Gasteiger partial charge in [-0.05, 0) is 37.0 Å². The Morgan fingerprint density at radius 2 is 2.04 bits per heavy atom. The third-order valence-corrected chi connectivity index (χ3v) is 4.42. The van der Waals surface area contributed by atoms with Crippen molar-refractivity contribution in [1.82, 2.24) is 5.32 Å². The summed E-state index contributed by atoms with van der Waals surface area (Å²) in [4.78, 5) is 23.3. The van der Waals surface area contributed by atoms with Crippen LogP contribution in [0.2, 0.25) is 0 Å². The van der Waals surface area contributed by atoms with Gasteiger partial charge in [0.1, 0.15) is 11.3 Å². The molecule has 1 aromatic heterocycles. The molecule has 3 rings (SSSR count). The number of hydrogen-bond donors (Lipinski definition) is 1. The van der Waals surface area contributed by atoms with Crippen molar-refractivity contribution in [3.05, 3.63) is 40.8 Å². The summed E-state index contributed by atoms with van der Waals surface area (Å²) in [6, 6.07) is 8.51. The number of carbonyl (C=O) groups is 1. The lowest BCUT2D eigenvalue weighted by atomic mass is 9.86. The predicted molar refractivity (Wildman–Crippen MR) is 87.5 cm³/mol. The average molecular weight is 315 g/mol. The fraction of sp³-hybridized carbons (Fsp3) is 0.444. The maximum atomic E-state index is 12.0. The van der Waals surface area contributed by atoms with E-state index in [-0.39, 0.29) is 18.6 Å². The van der Waals surface area contributed by atoms with Crippen LogP contribution >= 0.6 is 0 Å². The summed E-state index contributed by atoms with van der Waals surface area (Å²) in [6.45, 7) is 2.14. The van der Waals surface area contributed by atoms with Crippen LogP contribution in [-0.4, -0.2) is 18.6 Å². The quantitative estimate of drug-likeness (QED) is 0.881. The second-order valence-corrected chi connectivity index (χ2v) is 6.18. The summed E-state index contributed by atoms with van der Waals surface area (Å²) in [5.74, 6) is 0.916. The van der Waals surface area contributed by atoms with E-state index in [0.717, 1.165) is 18.2 Å². The number of ether oxygens (including phenoxy) is 1. The van der Waals surface area contributed by atoms with Crippen molar-refractivity contribution in [3.8, 4) is 5.75 Å². The lowest BCUT2D eigenvalue weighted by Crippen LogP contribution is -2.43. The van der Waals surface area contributed by atoms with Crippen LogP contribution in [0.15, 0.2) is 39.5 Å². The molecule has 23 heavy (non-hydrogen) atoms. The molecule has 2 atom stereocenters. The third-order valence-electron chi connectivity index (χ3n) is 4.42. The Labute approximate surface area is 134 Å². The minimum atomic E-state index is -0.404. The van der Waals surface area contributed by atoms with Gasteiger partial charge in [-0.2, -0.15) is 0 Å². The minimum Gasteiger partial charge on any atom is -0.484 e. The van der Waals surface area contributed by atoms with Crippen molar-refractivity contribution in [3.63, 3.8) is 0 Å². The van der Waals surface area contributed by atoms with Crippen LogP contribution in [0, 0.1) is 5.92 Å². The van der Waals surface area contributed by atoms with Gasteiger partial charge >= 0.3 is 5.63 Å². The number of carbonyl (C=O) groups excluding carboxylic acids is 1. The zero-order valence-electron chi connectivity index (χ0n) is 13.2. The smallest absolute Gasteiger partial charge is 0.336 e. The maximum absolute atomic E-state index is 12.0. The van der Waals surface area contributed by atoms with Gasteiger partial charge in [0.15, 0.2) is 6.61 Å². The Morgan fingerprint density at radius 3 is 2.87 bits per heavy atom. The molecular formula is C18H21NO4. The lowest BCUT2D eigenvalue weighted by molar-refractivity contribution is -0.124. The molecule has 5 nitrogen and oxygen atoms in total. The molecule has 2 unspecified atom stereocenters. The van der Waals surface area contributed by atoms with Gasteiger partial charge in [0.05, 0.1) is 0 Å². The molecule has 1 aliphatic rings. The van der Waals surface area contributed by atoms with Crippen molar-refractivity contribution in [2.24, 2.45) is 5.92 Å². The van der Waals surface area contributed by atoms with Gasteiger partial charge in [-0.1, -0.05) is 19.8 Å². The Hall–Kier alpha value is -2.30. The van der Waals surface area contributed by atoms with Crippen molar-refractivity contribution in [1.29, 1.82) is 0 Å². The van der Waals surface area contributed by atoms with Gasteiger partial charge < -0.3 is 14.5 Å². The Bertz CT molecular complexity index is 752. The SMILES string of the molecule is CC1CCCCC1NC(=O)COc1ccc2ccc(=O)oc2c1. The second kappa shape index (κ2) is 6.86. The number of hydrogen-bond acceptors (Lipinski definition) is 4. The van der Waals surface area contributed by atoms with E-state index in [1.54, 1.807) is 24.3 Å². The van der Waals surface area contributed by atoms with E-state index in [0.29, 0.717) is 17.3 Å². The lowest BCUT2D eigenvalue weighted by Gasteiger charge is -2.29. The number of amides is 1. The van der Waals surface area contributed by atoms with Gasteiger partial charge in [0, 0.05) is 23.6 Å². The van der Waals surface area contributed by atoms with Gasteiger partial charge in [-0.3, -0.25) is 4.79 Å². The topological polar surface area (TPSA) is 68.5 Å². The van der Waals surface area contributed by atoms with E-state index in [4.69, 9.17) is 9.15 Å². The maximum Gasteiger partial charge on any atom is 0.336 e. The zero-order valence-corrected chi connectivity index (χ0v) is 13.2. The van der Waals surface area contributed by atoms with Gasteiger partial charge in [0.2, 0.25) is 0 Å². The normalized spacial score (nSPS) is 21.1. The molecular weight excluding hydrogens is 294 g/mol. The highest BCUT2D eigenvalue weighted by molar-refractivity contribution is 5.79. The Kier molecular flexibility index (Phi) is 4.65. The summed E-state index contributed by atoms with van der Waals surface area (Å²) in [6.07, 6.45) is 4.61. The summed E-state index contributed by atoms with van der Waals surface area (Å²) >= 11 is 0. The molecule has 0 radical (unpaired) electrons. The first-order valence-corrected chi connectivity index (χ1v) is 8.08. The monoisotopic (exact) mass is 315 g/mol. The van der Waals surface area contributed by atoms with Crippen LogP contribution in [0.5, 0.6) is 5.75 Å². The van der Waals surface area contributed by atoms with Crippen molar-refractivity contribution in [2.75, 3.05) is 6.61 Å². The van der Waals surface area contributed by atoms with Crippen molar-refractivity contribution >= 4 is 16.9 Å². The van der Waals surface area contributed by atoms with E-state index in [1.165, 1.54) is 18.9 Å². The number of fused-ring (bicyclic) bond motifs is 1. The van der Waals surface area contributed by atoms with Gasteiger partial charge in [-0.25, -0.2) is 4.79 Å². The number of benzene rings is 1. The van der Waals surface area contributed by atoms with Crippen LogP contribution < -0.4 is 15.7 Å². The molecule has 0 bridgehead atoms. The highest BCUT2D eigenvalue weighted by Crippen LogP contribution is 2.24. The van der Waals surface area contributed by atoms with E-state index < -0.39 is 5.63 Å². The first-order chi connectivity index (χ1) is 11.1. The molecule has 0 saturated heterocycles. The van der Waals surface area contributed by atoms with Crippen LogP contribution in [0.1, 0.15) is 32.6 Å². The summed E-state index contributed by atoms with van der Waals surface area (Å²) in [5, 5.41) is 3.86. The van der Waals surface area contributed by atoms with Crippen LogP contribution in [-0.2, 0) is 4.79 Å². The Morgan fingerprint density at radius 1 is 1.26 bits per heavy atom. The second-order valence-electron chi connectivity index (χ2n) is 6.18. The molecule has 1 saturated carbocycles. The number of rotatable bonds is 4. The highest BCUT2D eigenvalue weighted by atomic mass is 16.5. The zero-order chi connectivity index (χ0) is 16.2. The summed E-state index contributed by atoms with van der Waals surface area (Å²) in [5.41, 5.74) is 0.0509. The van der Waals surface area contributed by atoms with Gasteiger partial charge in [-0.15, -0.1) is 0 Å². The molecule has 1 fully saturated rings. The molecule has 1 aliphatic carbocycles. The summed E-state index contributed by atoms with van der Waals surface area (Å²) in [7, 11) is 0. The Balaban J connectivity index is 1.59. The fourth-order valence-corrected chi connectivity index (χ4v) is 3.06. The molecule has 0 aliphatic heterocycles. The minimum absolute atomic E-state index is 0.0359. The standard InChI is InChI=1S/C18H21NO4/c1-12-4-2-3-5-15(12)19-17(20)11-22-14-8-6-13-7-9-18(21)23-16(13)10-14/h6-10,12,15H,2-5,11H2,1H3,(H,19,20). The molecule has 1 amide bonds.